The molecule has 0 N–H and O–H groups in total. The first-order chi connectivity index (χ1) is 4.33. The summed E-state index contributed by atoms with van der Waals surface area (Å²) in [6.07, 6.45) is 8.83. The van der Waals surface area contributed by atoms with Gasteiger partial charge in [-0.25, -0.2) is 0 Å². The van der Waals surface area contributed by atoms with Crippen LogP contribution in [0.15, 0.2) is 0 Å². The largest absolute Gasteiger partial charge is 0.162 e. The van der Waals surface area contributed by atoms with Crippen LogP contribution < -0.4 is 0 Å². The van der Waals surface area contributed by atoms with Crippen molar-refractivity contribution < 1.29 is 0 Å². The van der Waals surface area contributed by atoms with E-state index in [1.807, 2.05) is 11.8 Å². The zero-order chi connectivity index (χ0) is 6.69. The summed E-state index contributed by atoms with van der Waals surface area (Å²) in [5.74, 6) is 0.871. The normalized spacial score (nSPS) is 36.7. The molecule has 1 rings (SSSR count). The summed E-state index contributed by atoms with van der Waals surface area (Å²) in [4.78, 5) is 0. The second kappa shape index (κ2) is 3.50. The fraction of sp³-hybridized carbons (Fsp3) is 0.875. The van der Waals surface area contributed by atoms with E-state index in [0.717, 1.165) is 11.2 Å². The predicted molar refractivity (Wildman–Crippen MR) is 44.6 cm³/mol. The van der Waals surface area contributed by atoms with Crippen molar-refractivity contribution in [1.29, 1.82) is 0 Å². The van der Waals surface area contributed by atoms with Crippen LogP contribution in [0.3, 0.4) is 0 Å². The molecular formula is C8H15S. The lowest BCUT2D eigenvalue weighted by molar-refractivity contribution is 0.488. The van der Waals surface area contributed by atoms with Crippen LogP contribution in [0.5, 0.6) is 0 Å². The lowest BCUT2D eigenvalue weighted by Gasteiger charge is -2.24. The van der Waals surface area contributed by atoms with Crippen LogP contribution in [-0.2, 0) is 0 Å². The lowest BCUT2D eigenvalue weighted by Crippen LogP contribution is -2.14. The lowest BCUT2D eigenvalue weighted by atomic mass is 9.91. The van der Waals surface area contributed by atoms with Gasteiger partial charge >= 0.3 is 0 Å². The van der Waals surface area contributed by atoms with Crippen LogP contribution in [0, 0.1) is 12.3 Å². The van der Waals surface area contributed by atoms with Crippen molar-refractivity contribution in [3.8, 4) is 0 Å². The number of hydrogen-bond donors (Lipinski definition) is 0. The van der Waals surface area contributed by atoms with Gasteiger partial charge in [-0.3, -0.25) is 0 Å². The van der Waals surface area contributed by atoms with Crippen molar-refractivity contribution >= 4 is 11.8 Å². The molecule has 1 heteroatoms. The minimum absolute atomic E-state index is 0.871. The molecule has 0 aromatic heterocycles. The van der Waals surface area contributed by atoms with Crippen molar-refractivity contribution in [2.45, 2.75) is 31.4 Å². The topological polar surface area (TPSA) is 0 Å². The fourth-order valence-corrected chi connectivity index (χ4v) is 2.28. The maximum atomic E-state index is 2.45. The molecule has 1 fully saturated rings. The average Bonchev–Trinajstić information content (AvgIpc) is 1.88. The summed E-state index contributed by atoms with van der Waals surface area (Å²) in [7, 11) is 0. The molecule has 0 amide bonds. The average molecular weight is 143 g/mol. The molecule has 1 aliphatic carbocycles. The van der Waals surface area contributed by atoms with Crippen LogP contribution in [0.1, 0.15) is 26.2 Å². The third-order valence-electron chi connectivity index (χ3n) is 2.03. The van der Waals surface area contributed by atoms with Gasteiger partial charge in [-0.2, -0.15) is 11.8 Å². The van der Waals surface area contributed by atoms with Crippen LogP contribution in [0.2, 0.25) is 0 Å². The number of hydrogen-bond acceptors (Lipinski definition) is 1. The van der Waals surface area contributed by atoms with Gasteiger partial charge in [0.15, 0.2) is 0 Å². The molecule has 0 aromatic rings. The molecule has 0 aliphatic heterocycles. The van der Waals surface area contributed by atoms with Crippen molar-refractivity contribution in [2.75, 3.05) is 6.26 Å². The van der Waals surface area contributed by atoms with Gasteiger partial charge < -0.3 is 0 Å². The highest BCUT2D eigenvalue weighted by Crippen LogP contribution is 2.29. The maximum Gasteiger partial charge on any atom is 0.00470 e. The highest BCUT2D eigenvalue weighted by Gasteiger charge is 2.17. The van der Waals surface area contributed by atoms with Crippen molar-refractivity contribution in [2.24, 2.45) is 5.92 Å². The summed E-state index contributed by atoms with van der Waals surface area (Å²) in [5, 5.41) is 0.949. The Morgan fingerprint density at radius 2 is 2.33 bits per heavy atom. The van der Waals surface area contributed by atoms with E-state index in [0.29, 0.717) is 0 Å². The molecule has 0 bridgehead atoms. The summed E-state index contributed by atoms with van der Waals surface area (Å²) in [5.41, 5.74) is 0. The molecule has 0 heterocycles. The monoisotopic (exact) mass is 143 g/mol. The van der Waals surface area contributed by atoms with Crippen LogP contribution in [0.4, 0.5) is 0 Å². The first-order valence-electron chi connectivity index (χ1n) is 3.69. The Hall–Kier alpha value is 0.350. The number of thioether (sulfide) groups is 1. The third kappa shape index (κ3) is 2.21. The Morgan fingerprint density at radius 1 is 1.56 bits per heavy atom. The summed E-state index contributed by atoms with van der Waals surface area (Å²) >= 11 is 2.03. The van der Waals surface area contributed by atoms with E-state index in [1.165, 1.54) is 19.3 Å². The van der Waals surface area contributed by atoms with Gasteiger partial charge in [0.1, 0.15) is 0 Å². The minimum Gasteiger partial charge on any atom is -0.162 e. The molecule has 0 spiro atoms. The van der Waals surface area contributed by atoms with Crippen molar-refractivity contribution in [3.63, 3.8) is 0 Å². The van der Waals surface area contributed by atoms with E-state index < -0.39 is 0 Å². The molecule has 0 aromatic carbocycles. The van der Waals surface area contributed by atoms with E-state index in [9.17, 15) is 0 Å². The highest BCUT2D eigenvalue weighted by molar-refractivity contribution is 7.99. The quantitative estimate of drug-likeness (QED) is 0.544. The smallest absolute Gasteiger partial charge is 0.00470 e. The Kier molecular flexibility index (Phi) is 2.90. The fourth-order valence-electron chi connectivity index (χ4n) is 1.41. The molecule has 0 saturated heterocycles. The van der Waals surface area contributed by atoms with Gasteiger partial charge in [0.2, 0.25) is 0 Å². The second-order valence-electron chi connectivity index (χ2n) is 2.88. The van der Waals surface area contributed by atoms with Crippen LogP contribution in [0.25, 0.3) is 0 Å². The molecular weight excluding hydrogens is 128 g/mol. The predicted octanol–water partition coefficient (Wildman–Crippen LogP) is 2.74. The zero-order valence-electron chi connectivity index (χ0n) is 6.26. The minimum atomic E-state index is 0.871. The molecule has 1 radical (unpaired) electrons. The van der Waals surface area contributed by atoms with Crippen LogP contribution in [-0.4, -0.2) is 11.5 Å². The summed E-state index contributed by atoms with van der Waals surface area (Å²) in [6, 6.07) is 0. The van der Waals surface area contributed by atoms with Crippen molar-refractivity contribution in [1.82, 2.24) is 0 Å². The molecule has 1 aliphatic rings. The second-order valence-corrected chi connectivity index (χ2v) is 4.02. The van der Waals surface area contributed by atoms with E-state index in [-0.39, 0.29) is 0 Å². The van der Waals surface area contributed by atoms with Crippen molar-refractivity contribution in [3.05, 3.63) is 6.42 Å². The highest BCUT2D eigenvalue weighted by atomic mass is 32.2. The first kappa shape index (κ1) is 7.46. The van der Waals surface area contributed by atoms with Gasteiger partial charge in [-0.15, -0.1) is 0 Å². The Balaban J connectivity index is 2.23. The molecule has 53 valence electrons. The first-order valence-corrected chi connectivity index (χ1v) is 4.98. The Labute approximate surface area is 62.4 Å². The molecule has 9 heavy (non-hydrogen) atoms. The van der Waals surface area contributed by atoms with E-state index in [4.69, 9.17) is 0 Å². The third-order valence-corrected chi connectivity index (χ3v) is 3.12. The van der Waals surface area contributed by atoms with Gasteiger partial charge in [-0.1, -0.05) is 6.92 Å². The van der Waals surface area contributed by atoms with Gasteiger partial charge in [-0.05, 0) is 37.9 Å². The molecule has 0 nitrogen and oxygen atoms in total. The molecule has 1 saturated carbocycles. The van der Waals surface area contributed by atoms with Crippen LogP contribution >= 0.6 is 11.8 Å². The van der Waals surface area contributed by atoms with E-state index in [2.05, 4.69) is 19.6 Å². The number of rotatable bonds is 1. The Morgan fingerprint density at radius 3 is 2.78 bits per heavy atom. The summed E-state index contributed by atoms with van der Waals surface area (Å²) in [6.45, 7) is 2.32. The Bertz CT molecular complexity index is 80.6. The van der Waals surface area contributed by atoms with Gasteiger partial charge in [0, 0.05) is 5.25 Å². The molecule has 2 unspecified atom stereocenters. The maximum absolute atomic E-state index is 2.45. The standard InChI is InChI=1S/C8H15S/c1-7-4-3-5-8(6-7)9-2/h4,7-8H,3,5-6H2,1-2H3. The SMILES string of the molecule is CSC1CC[CH]C(C)C1. The van der Waals surface area contributed by atoms with E-state index in [1.54, 1.807) is 0 Å². The van der Waals surface area contributed by atoms with Gasteiger partial charge in [0.25, 0.3) is 0 Å². The zero-order valence-corrected chi connectivity index (χ0v) is 7.08. The molecule has 2 atom stereocenters. The van der Waals surface area contributed by atoms with Gasteiger partial charge in [0.05, 0.1) is 0 Å². The van der Waals surface area contributed by atoms with E-state index >= 15 is 0 Å². The summed E-state index contributed by atoms with van der Waals surface area (Å²) < 4.78 is 0.